The van der Waals surface area contributed by atoms with Crippen LogP contribution in [0.25, 0.3) is 0 Å². The van der Waals surface area contributed by atoms with Crippen molar-refractivity contribution in [3.05, 3.63) is 11.1 Å². The number of rotatable bonds is 0. The summed E-state index contributed by atoms with van der Waals surface area (Å²) in [5.74, 6) is 0. The fraction of sp³-hybridized carbons (Fsp3) is 0.818. The van der Waals surface area contributed by atoms with Crippen molar-refractivity contribution >= 4 is 0 Å². The smallest absolute Gasteiger partial charge is 0.0204 e. The van der Waals surface area contributed by atoms with Gasteiger partial charge in [-0.05, 0) is 40.0 Å². The van der Waals surface area contributed by atoms with E-state index in [0.717, 1.165) is 0 Å². The van der Waals surface area contributed by atoms with Crippen LogP contribution in [0.15, 0.2) is 11.1 Å². The van der Waals surface area contributed by atoms with Crippen LogP contribution in [0.4, 0.5) is 0 Å². The van der Waals surface area contributed by atoms with Crippen molar-refractivity contribution in [2.45, 2.75) is 45.6 Å². The van der Waals surface area contributed by atoms with Gasteiger partial charge in [0.15, 0.2) is 0 Å². The summed E-state index contributed by atoms with van der Waals surface area (Å²) in [6.07, 6.45) is 4.17. The highest BCUT2D eigenvalue weighted by atomic mass is 15.2. The summed E-state index contributed by atoms with van der Waals surface area (Å²) in [5, 5.41) is 0. The Hall–Kier alpha value is -0.300. The number of hydrogen-bond acceptors (Lipinski definition) is 1. The van der Waals surface area contributed by atoms with Gasteiger partial charge in [0.05, 0.1) is 0 Å². The molecule has 2 aliphatic rings. The van der Waals surface area contributed by atoms with E-state index in [1.807, 2.05) is 0 Å². The Labute approximate surface area is 75.4 Å². The first kappa shape index (κ1) is 8.31. The highest BCUT2D eigenvalue weighted by Gasteiger charge is 2.31. The molecule has 0 unspecified atom stereocenters. The third-order valence-corrected chi connectivity index (χ3v) is 3.17. The molecule has 1 aliphatic heterocycles. The average molecular weight is 165 g/mol. The molecule has 68 valence electrons. The van der Waals surface area contributed by atoms with Gasteiger partial charge in [0.2, 0.25) is 0 Å². The van der Waals surface area contributed by atoms with E-state index in [-0.39, 0.29) is 0 Å². The van der Waals surface area contributed by atoms with Crippen LogP contribution < -0.4 is 0 Å². The largest absolute Gasteiger partial charge is 0.291 e. The van der Waals surface area contributed by atoms with E-state index in [4.69, 9.17) is 0 Å². The molecule has 0 aromatic rings. The van der Waals surface area contributed by atoms with Crippen LogP contribution >= 0.6 is 0 Å². The summed E-state index contributed by atoms with van der Waals surface area (Å²) in [6, 6.07) is 0. The van der Waals surface area contributed by atoms with E-state index in [0.29, 0.717) is 5.54 Å². The van der Waals surface area contributed by atoms with Crippen LogP contribution in [0.5, 0.6) is 0 Å². The number of nitrogens with zero attached hydrogens (tertiary/aromatic N) is 1. The molecule has 0 saturated heterocycles. The second-order valence-corrected chi connectivity index (χ2v) is 5.09. The lowest BCUT2D eigenvalue weighted by Gasteiger charge is -2.32. The van der Waals surface area contributed by atoms with Crippen LogP contribution in [0.1, 0.15) is 40.0 Å². The first-order valence-electron chi connectivity index (χ1n) is 5.02. The minimum Gasteiger partial charge on any atom is -0.291 e. The highest BCUT2D eigenvalue weighted by Crippen LogP contribution is 2.35. The highest BCUT2D eigenvalue weighted by molar-refractivity contribution is 5.27. The molecule has 0 aromatic heterocycles. The lowest BCUT2D eigenvalue weighted by molar-refractivity contribution is 0.175. The Morgan fingerprint density at radius 3 is 1.92 bits per heavy atom. The van der Waals surface area contributed by atoms with Gasteiger partial charge in [-0.1, -0.05) is 11.1 Å². The fourth-order valence-corrected chi connectivity index (χ4v) is 2.24. The first-order chi connectivity index (χ1) is 5.57. The van der Waals surface area contributed by atoms with Crippen molar-refractivity contribution in [2.75, 3.05) is 13.1 Å². The zero-order valence-corrected chi connectivity index (χ0v) is 8.48. The fourth-order valence-electron chi connectivity index (χ4n) is 2.24. The van der Waals surface area contributed by atoms with Gasteiger partial charge in [0.1, 0.15) is 0 Å². The van der Waals surface area contributed by atoms with Gasteiger partial charge >= 0.3 is 0 Å². The maximum Gasteiger partial charge on any atom is 0.0204 e. The molecule has 0 amide bonds. The van der Waals surface area contributed by atoms with E-state index >= 15 is 0 Å². The van der Waals surface area contributed by atoms with E-state index in [9.17, 15) is 0 Å². The van der Waals surface area contributed by atoms with Crippen molar-refractivity contribution in [1.29, 1.82) is 0 Å². The second-order valence-electron chi connectivity index (χ2n) is 5.09. The molecule has 12 heavy (non-hydrogen) atoms. The summed E-state index contributed by atoms with van der Waals surface area (Å²) in [4.78, 5) is 2.59. The number of hydrogen-bond donors (Lipinski definition) is 0. The normalized spacial score (nSPS) is 25.2. The lowest BCUT2D eigenvalue weighted by atomic mass is 10.1. The van der Waals surface area contributed by atoms with Crippen molar-refractivity contribution in [3.63, 3.8) is 0 Å². The Morgan fingerprint density at radius 2 is 1.50 bits per heavy atom. The third kappa shape index (κ3) is 1.31. The second kappa shape index (κ2) is 2.59. The summed E-state index contributed by atoms with van der Waals surface area (Å²) < 4.78 is 0. The maximum absolute atomic E-state index is 2.59. The predicted octanol–water partition coefficient (Wildman–Crippen LogP) is 2.58. The SMILES string of the molecule is CC(C)(C)N1CC2=C(CCC2)C1. The molecular weight excluding hydrogens is 146 g/mol. The van der Waals surface area contributed by atoms with Gasteiger partial charge in [0, 0.05) is 18.6 Å². The molecule has 0 radical (unpaired) electrons. The van der Waals surface area contributed by atoms with Gasteiger partial charge < -0.3 is 0 Å². The molecule has 0 atom stereocenters. The van der Waals surface area contributed by atoms with Crippen LogP contribution in [0, 0.1) is 0 Å². The van der Waals surface area contributed by atoms with Crippen molar-refractivity contribution in [2.24, 2.45) is 0 Å². The van der Waals surface area contributed by atoms with Gasteiger partial charge in [-0.25, -0.2) is 0 Å². The van der Waals surface area contributed by atoms with Crippen LogP contribution in [-0.2, 0) is 0 Å². The zero-order valence-electron chi connectivity index (χ0n) is 8.48. The first-order valence-corrected chi connectivity index (χ1v) is 5.02. The maximum atomic E-state index is 2.59. The minimum absolute atomic E-state index is 0.365. The minimum atomic E-state index is 0.365. The summed E-state index contributed by atoms with van der Waals surface area (Å²) in [7, 11) is 0. The molecule has 0 N–H and O–H groups in total. The Morgan fingerprint density at radius 1 is 1.00 bits per heavy atom. The Bertz CT molecular complexity index is 204. The van der Waals surface area contributed by atoms with Crippen LogP contribution in [0.2, 0.25) is 0 Å². The monoisotopic (exact) mass is 165 g/mol. The average Bonchev–Trinajstić information content (AvgIpc) is 2.37. The van der Waals surface area contributed by atoms with E-state index in [1.165, 1.54) is 32.4 Å². The third-order valence-electron chi connectivity index (χ3n) is 3.17. The topological polar surface area (TPSA) is 3.24 Å². The molecule has 1 nitrogen and oxygen atoms in total. The predicted molar refractivity (Wildman–Crippen MR) is 52.2 cm³/mol. The summed E-state index contributed by atoms with van der Waals surface area (Å²) in [6.45, 7) is 9.44. The van der Waals surface area contributed by atoms with Crippen LogP contribution in [0.3, 0.4) is 0 Å². The van der Waals surface area contributed by atoms with Crippen molar-refractivity contribution < 1.29 is 0 Å². The standard InChI is InChI=1S/C11H19N/c1-11(2,3)12-7-9-5-4-6-10(9)8-12/h4-8H2,1-3H3. The number of likely N-dealkylation sites (tertiary alicyclic amines) is 1. The van der Waals surface area contributed by atoms with Gasteiger partial charge in [0.25, 0.3) is 0 Å². The molecule has 0 bridgehead atoms. The molecule has 1 heterocycles. The molecule has 0 fully saturated rings. The van der Waals surface area contributed by atoms with E-state index < -0.39 is 0 Å². The molecular formula is C11H19N. The molecule has 2 rings (SSSR count). The molecule has 0 spiro atoms. The molecule has 0 aromatic carbocycles. The molecule has 0 saturated carbocycles. The van der Waals surface area contributed by atoms with Gasteiger partial charge in [-0.3, -0.25) is 4.90 Å². The van der Waals surface area contributed by atoms with E-state index in [2.05, 4.69) is 25.7 Å². The van der Waals surface area contributed by atoms with E-state index in [1.54, 1.807) is 11.1 Å². The van der Waals surface area contributed by atoms with Gasteiger partial charge in [-0.2, -0.15) is 0 Å². The molecule has 1 heteroatoms. The zero-order chi connectivity index (χ0) is 8.77. The van der Waals surface area contributed by atoms with Crippen molar-refractivity contribution in [1.82, 2.24) is 4.90 Å². The lowest BCUT2D eigenvalue weighted by Crippen LogP contribution is -2.40. The van der Waals surface area contributed by atoms with Crippen molar-refractivity contribution in [3.8, 4) is 0 Å². The Kier molecular flexibility index (Phi) is 1.80. The quantitative estimate of drug-likeness (QED) is 0.499. The summed E-state index contributed by atoms with van der Waals surface area (Å²) in [5.41, 5.74) is 3.87. The molecule has 1 aliphatic carbocycles. The summed E-state index contributed by atoms with van der Waals surface area (Å²) >= 11 is 0. The van der Waals surface area contributed by atoms with Gasteiger partial charge in [-0.15, -0.1) is 0 Å². The van der Waals surface area contributed by atoms with Crippen LogP contribution in [-0.4, -0.2) is 23.5 Å². The Balaban J connectivity index is 2.04.